The molecule has 3 rings (SSSR count). The molecule has 0 aliphatic heterocycles. The third-order valence-corrected chi connectivity index (χ3v) is 4.56. The second-order valence-corrected chi connectivity index (χ2v) is 6.72. The molecule has 0 saturated carbocycles. The van der Waals surface area contributed by atoms with E-state index in [4.69, 9.17) is 0 Å². The van der Waals surface area contributed by atoms with Crippen LogP contribution in [0.5, 0.6) is 0 Å². The molecule has 0 bridgehead atoms. The first-order chi connectivity index (χ1) is 10.1. The number of rotatable bonds is 3. The van der Waals surface area contributed by atoms with Crippen LogP contribution in [0.1, 0.15) is 5.56 Å². The van der Waals surface area contributed by atoms with E-state index in [2.05, 4.69) is 54.1 Å². The molecular formula is C16H11BrFIN2. The quantitative estimate of drug-likeness (QED) is 0.501. The van der Waals surface area contributed by atoms with Crippen LogP contribution in [0.2, 0.25) is 0 Å². The molecule has 0 aliphatic carbocycles. The van der Waals surface area contributed by atoms with Crippen LogP contribution in [0.15, 0.2) is 59.3 Å². The van der Waals surface area contributed by atoms with E-state index in [1.807, 2.05) is 24.4 Å². The predicted octanol–water partition coefficient (Wildman–Crippen LogP) is 5.10. The Bertz CT molecular complexity index is 785. The highest BCUT2D eigenvalue weighted by atomic mass is 127. The Kier molecular flexibility index (Phi) is 4.40. The normalized spacial score (nSPS) is 10.8. The average molecular weight is 457 g/mol. The summed E-state index contributed by atoms with van der Waals surface area (Å²) in [6, 6.07) is 13.0. The molecule has 0 fully saturated rings. The fourth-order valence-electron chi connectivity index (χ4n) is 2.16. The Labute approximate surface area is 144 Å². The summed E-state index contributed by atoms with van der Waals surface area (Å²) in [5.41, 5.74) is 2.09. The lowest BCUT2D eigenvalue weighted by Crippen LogP contribution is -2.02. The summed E-state index contributed by atoms with van der Waals surface area (Å²) in [6.45, 7) is 0.641. The van der Waals surface area contributed by atoms with E-state index in [1.165, 1.54) is 15.7 Å². The summed E-state index contributed by atoms with van der Waals surface area (Å²) in [4.78, 5) is 4.44. The zero-order valence-electron chi connectivity index (χ0n) is 10.9. The Morgan fingerprint density at radius 1 is 1.19 bits per heavy atom. The van der Waals surface area contributed by atoms with Crippen LogP contribution in [0.25, 0.3) is 11.4 Å². The van der Waals surface area contributed by atoms with E-state index < -0.39 is 0 Å². The minimum Gasteiger partial charge on any atom is -0.327 e. The molecule has 1 heterocycles. The average Bonchev–Trinajstić information content (AvgIpc) is 2.90. The lowest BCUT2D eigenvalue weighted by molar-refractivity contribution is 0.625. The fourth-order valence-corrected chi connectivity index (χ4v) is 3.18. The first-order valence-electron chi connectivity index (χ1n) is 6.34. The van der Waals surface area contributed by atoms with E-state index >= 15 is 0 Å². The number of hydrogen-bond donors (Lipinski definition) is 0. The Balaban J connectivity index is 1.96. The van der Waals surface area contributed by atoms with E-state index in [0.717, 1.165) is 21.4 Å². The van der Waals surface area contributed by atoms with Crippen LogP contribution in [0.3, 0.4) is 0 Å². The summed E-state index contributed by atoms with van der Waals surface area (Å²) in [5.74, 6) is 0.666. The summed E-state index contributed by atoms with van der Waals surface area (Å²) in [5, 5.41) is 0. The van der Waals surface area contributed by atoms with E-state index in [0.29, 0.717) is 6.54 Å². The number of halogens is 3. The van der Waals surface area contributed by atoms with Gasteiger partial charge < -0.3 is 4.57 Å². The van der Waals surface area contributed by atoms with Gasteiger partial charge in [0.15, 0.2) is 0 Å². The minimum absolute atomic E-state index is 0.242. The number of aromatic nitrogens is 2. The molecule has 0 atom stereocenters. The van der Waals surface area contributed by atoms with Gasteiger partial charge in [-0.2, -0.15) is 0 Å². The minimum atomic E-state index is -0.242. The van der Waals surface area contributed by atoms with Gasteiger partial charge >= 0.3 is 0 Å². The van der Waals surface area contributed by atoms with E-state index in [1.54, 1.807) is 12.3 Å². The summed E-state index contributed by atoms with van der Waals surface area (Å²) >= 11 is 5.70. The van der Waals surface area contributed by atoms with Gasteiger partial charge in [-0.05, 0) is 52.4 Å². The molecule has 0 N–H and O–H groups in total. The number of hydrogen-bond acceptors (Lipinski definition) is 1. The molecule has 106 valence electrons. The van der Waals surface area contributed by atoms with Gasteiger partial charge in [0.1, 0.15) is 11.6 Å². The maximum atomic E-state index is 13.2. The second kappa shape index (κ2) is 6.27. The van der Waals surface area contributed by atoms with Crippen molar-refractivity contribution >= 4 is 38.5 Å². The highest BCUT2D eigenvalue weighted by Gasteiger charge is 2.09. The Morgan fingerprint density at radius 3 is 2.81 bits per heavy atom. The van der Waals surface area contributed by atoms with Crippen molar-refractivity contribution in [2.75, 3.05) is 0 Å². The largest absolute Gasteiger partial charge is 0.327 e. The van der Waals surface area contributed by atoms with Gasteiger partial charge in [-0.1, -0.05) is 34.1 Å². The molecule has 3 aromatic rings. The van der Waals surface area contributed by atoms with Crippen molar-refractivity contribution in [3.8, 4) is 11.4 Å². The number of nitrogens with zero attached hydrogens (tertiary/aromatic N) is 2. The van der Waals surface area contributed by atoms with Gasteiger partial charge in [0.25, 0.3) is 0 Å². The van der Waals surface area contributed by atoms with Crippen LogP contribution in [-0.4, -0.2) is 9.55 Å². The monoisotopic (exact) mass is 456 g/mol. The maximum absolute atomic E-state index is 13.2. The van der Waals surface area contributed by atoms with Crippen LogP contribution < -0.4 is 0 Å². The van der Waals surface area contributed by atoms with Crippen LogP contribution in [0.4, 0.5) is 4.39 Å². The van der Waals surface area contributed by atoms with Crippen LogP contribution in [0, 0.1) is 9.39 Å². The highest BCUT2D eigenvalue weighted by molar-refractivity contribution is 14.1. The zero-order chi connectivity index (χ0) is 14.8. The van der Waals surface area contributed by atoms with Crippen molar-refractivity contribution in [1.29, 1.82) is 0 Å². The second-order valence-electron chi connectivity index (χ2n) is 4.62. The molecular weight excluding hydrogens is 446 g/mol. The van der Waals surface area contributed by atoms with Crippen molar-refractivity contribution in [1.82, 2.24) is 9.55 Å². The lowest BCUT2D eigenvalue weighted by Gasteiger charge is -2.10. The lowest BCUT2D eigenvalue weighted by atomic mass is 10.2. The molecule has 0 unspecified atom stereocenters. The SMILES string of the molecule is Fc1ccc(Cn2ccnc2-c2cccc(I)c2)c(Br)c1. The van der Waals surface area contributed by atoms with E-state index in [9.17, 15) is 4.39 Å². The Hall–Kier alpha value is -1.21. The zero-order valence-corrected chi connectivity index (χ0v) is 14.7. The van der Waals surface area contributed by atoms with Crippen LogP contribution >= 0.6 is 38.5 Å². The molecule has 0 saturated heterocycles. The molecule has 5 heteroatoms. The maximum Gasteiger partial charge on any atom is 0.140 e. The molecule has 21 heavy (non-hydrogen) atoms. The van der Waals surface area contributed by atoms with Crippen molar-refractivity contribution in [3.05, 3.63) is 74.3 Å². The molecule has 2 nitrogen and oxygen atoms in total. The number of imidazole rings is 1. The standard InChI is InChI=1S/C16H11BrFIN2/c17-15-9-13(18)5-4-12(15)10-21-7-6-20-16(21)11-2-1-3-14(19)8-11/h1-9H,10H2. The van der Waals surface area contributed by atoms with Gasteiger partial charge in [-0.25, -0.2) is 9.37 Å². The summed E-state index contributed by atoms with van der Waals surface area (Å²) in [7, 11) is 0. The van der Waals surface area contributed by atoms with Crippen molar-refractivity contribution in [2.45, 2.75) is 6.54 Å². The van der Waals surface area contributed by atoms with Crippen molar-refractivity contribution in [3.63, 3.8) is 0 Å². The highest BCUT2D eigenvalue weighted by Crippen LogP contribution is 2.23. The molecule has 1 aromatic heterocycles. The molecule has 0 aliphatic rings. The van der Waals surface area contributed by atoms with Crippen LogP contribution in [-0.2, 0) is 6.54 Å². The summed E-state index contributed by atoms with van der Waals surface area (Å²) < 4.78 is 17.2. The van der Waals surface area contributed by atoms with Gasteiger partial charge in [0.2, 0.25) is 0 Å². The molecule has 2 aromatic carbocycles. The van der Waals surface area contributed by atoms with Crippen molar-refractivity contribution < 1.29 is 4.39 Å². The van der Waals surface area contributed by atoms with E-state index in [-0.39, 0.29) is 5.82 Å². The fraction of sp³-hybridized carbons (Fsp3) is 0.0625. The molecule has 0 radical (unpaired) electrons. The Morgan fingerprint density at radius 2 is 2.05 bits per heavy atom. The van der Waals surface area contributed by atoms with Gasteiger partial charge in [0.05, 0.1) is 6.54 Å². The smallest absolute Gasteiger partial charge is 0.140 e. The first-order valence-corrected chi connectivity index (χ1v) is 8.21. The summed E-state index contributed by atoms with van der Waals surface area (Å²) in [6.07, 6.45) is 3.72. The third kappa shape index (κ3) is 3.35. The predicted molar refractivity (Wildman–Crippen MR) is 93.6 cm³/mol. The first kappa shape index (κ1) is 14.7. The van der Waals surface area contributed by atoms with Crippen molar-refractivity contribution in [2.24, 2.45) is 0 Å². The van der Waals surface area contributed by atoms with Gasteiger partial charge in [-0.15, -0.1) is 0 Å². The van der Waals surface area contributed by atoms with Gasteiger partial charge in [-0.3, -0.25) is 0 Å². The molecule has 0 amide bonds. The number of benzene rings is 2. The molecule has 0 spiro atoms. The van der Waals surface area contributed by atoms with Gasteiger partial charge in [0, 0.05) is 26.0 Å². The topological polar surface area (TPSA) is 17.8 Å². The third-order valence-electron chi connectivity index (χ3n) is 3.15.